The van der Waals surface area contributed by atoms with Crippen LogP contribution < -0.4 is 4.74 Å². The minimum absolute atomic E-state index is 0.0801. The van der Waals surface area contributed by atoms with Crippen LogP contribution in [0.3, 0.4) is 0 Å². The van der Waals surface area contributed by atoms with E-state index >= 15 is 0 Å². The SMILES string of the molecule is FC(F)Oc1ccc(Br)cc1S. The highest BCUT2D eigenvalue weighted by Gasteiger charge is 2.06. The number of alkyl halides is 2. The number of hydrogen-bond acceptors (Lipinski definition) is 2. The largest absolute Gasteiger partial charge is 0.434 e. The summed E-state index contributed by atoms with van der Waals surface area (Å²) in [6, 6.07) is 4.62. The van der Waals surface area contributed by atoms with Crippen LogP contribution in [0.2, 0.25) is 0 Å². The number of rotatable bonds is 2. The maximum Gasteiger partial charge on any atom is 0.387 e. The molecule has 1 rings (SSSR count). The molecule has 0 saturated heterocycles. The highest BCUT2D eigenvalue weighted by atomic mass is 79.9. The van der Waals surface area contributed by atoms with Crippen molar-refractivity contribution in [1.82, 2.24) is 0 Å². The molecule has 5 heteroatoms. The van der Waals surface area contributed by atoms with Gasteiger partial charge >= 0.3 is 6.61 Å². The van der Waals surface area contributed by atoms with E-state index in [1.807, 2.05) is 0 Å². The molecule has 1 aromatic carbocycles. The number of benzene rings is 1. The van der Waals surface area contributed by atoms with Gasteiger partial charge in [-0.25, -0.2) is 0 Å². The maximum atomic E-state index is 11.7. The molecule has 0 saturated carbocycles. The second-order valence-corrected chi connectivity index (χ2v) is 3.39. The fourth-order valence-corrected chi connectivity index (χ4v) is 1.49. The summed E-state index contributed by atoms with van der Waals surface area (Å²) in [4.78, 5) is 0.379. The Balaban J connectivity index is 2.86. The summed E-state index contributed by atoms with van der Waals surface area (Å²) in [5, 5.41) is 0. The van der Waals surface area contributed by atoms with E-state index in [1.165, 1.54) is 6.07 Å². The lowest BCUT2D eigenvalue weighted by Crippen LogP contribution is -2.02. The predicted octanol–water partition coefficient (Wildman–Crippen LogP) is 3.34. The first-order valence-electron chi connectivity index (χ1n) is 3.03. The van der Waals surface area contributed by atoms with Gasteiger partial charge in [-0.3, -0.25) is 0 Å². The molecule has 0 N–H and O–H groups in total. The fourth-order valence-electron chi connectivity index (χ4n) is 0.686. The maximum absolute atomic E-state index is 11.7. The van der Waals surface area contributed by atoms with E-state index in [-0.39, 0.29) is 5.75 Å². The van der Waals surface area contributed by atoms with Gasteiger partial charge in [0, 0.05) is 9.37 Å². The highest BCUT2D eigenvalue weighted by Crippen LogP contribution is 2.27. The Morgan fingerprint density at radius 1 is 1.42 bits per heavy atom. The quantitative estimate of drug-likeness (QED) is 0.797. The summed E-state index contributed by atoms with van der Waals surface area (Å²) < 4.78 is 28.4. The molecule has 0 spiro atoms. The molecule has 0 atom stereocenters. The fraction of sp³-hybridized carbons (Fsp3) is 0.143. The summed E-state index contributed by atoms with van der Waals surface area (Å²) in [7, 11) is 0. The third-order valence-electron chi connectivity index (χ3n) is 1.14. The molecule has 0 aliphatic carbocycles. The van der Waals surface area contributed by atoms with E-state index in [4.69, 9.17) is 0 Å². The third-order valence-corrected chi connectivity index (χ3v) is 1.98. The molecule has 66 valence electrons. The van der Waals surface area contributed by atoms with Gasteiger partial charge < -0.3 is 4.74 Å². The molecule has 1 aromatic rings. The second kappa shape index (κ2) is 4.09. The van der Waals surface area contributed by atoms with Gasteiger partial charge in [0.1, 0.15) is 5.75 Å². The van der Waals surface area contributed by atoms with E-state index in [1.54, 1.807) is 12.1 Å². The topological polar surface area (TPSA) is 9.23 Å². The van der Waals surface area contributed by atoms with Crippen molar-refractivity contribution in [1.29, 1.82) is 0 Å². The molecule has 12 heavy (non-hydrogen) atoms. The normalized spacial score (nSPS) is 10.4. The molecule has 0 aliphatic heterocycles. The van der Waals surface area contributed by atoms with Gasteiger partial charge in [-0.1, -0.05) is 15.9 Å². The van der Waals surface area contributed by atoms with E-state index in [9.17, 15) is 8.78 Å². The molecule has 0 aromatic heterocycles. The first-order chi connectivity index (χ1) is 5.59. The molecule has 0 unspecified atom stereocenters. The third kappa shape index (κ3) is 2.64. The summed E-state index contributed by atoms with van der Waals surface area (Å²) in [6.45, 7) is -2.81. The number of thiol groups is 1. The van der Waals surface area contributed by atoms with E-state index in [0.29, 0.717) is 4.90 Å². The highest BCUT2D eigenvalue weighted by molar-refractivity contribution is 9.10. The first kappa shape index (κ1) is 9.80. The van der Waals surface area contributed by atoms with E-state index in [2.05, 4.69) is 33.3 Å². The van der Waals surface area contributed by atoms with Crippen molar-refractivity contribution in [3.63, 3.8) is 0 Å². The van der Waals surface area contributed by atoms with Crippen LogP contribution in [0, 0.1) is 0 Å². The van der Waals surface area contributed by atoms with Crippen LogP contribution in [0.5, 0.6) is 5.75 Å². The van der Waals surface area contributed by atoms with Crippen LogP contribution in [0.15, 0.2) is 27.6 Å². The standard InChI is InChI=1S/C7H5BrF2OS/c8-4-1-2-5(6(12)3-4)11-7(9)10/h1-3,7,12H. The predicted molar refractivity (Wildman–Crippen MR) is 48.0 cm³/mol. The molecule has 0 fully saturated rings. The molecular weight excluding hydrogens is 250 g/mol. The Bertz CT molecular complexity index is 280. The van der Waals surface area contributed by atoms with Crippen LogP contribution >= 0.6 is 28.6 Å². The molecule has 0 bridgehead atoms. The molecule has 0 radical (unpaired) electrons. The summed E-state index contributed by atoms with van der Waals surface area (Å²) in [5.41, 5.74) is 0. The number of halogens is 3. The second-order valence-electron chi connectivity index (χ2n) is 1.99. The van der Waals surface area contributed by atoms with Crippen molar-refractivity contribution in [2.75, 3.05) is 0 Å². The Labute approximate surface area is 82.3 Å². The lowest BCUT2D eigenvalue weighted by atomic mass is 10.3. The molecule has 0 aliphatic rings. The van der Waals surface area contributed by atoms with Crippen LogP contribution in [-0.4, -0.2) is 6.61 Å². The zero-order chi connectivity index (χ0) is 9.14. The van der Waals surface area contributed by atoms with E-state index < -0.39 is 6.61 Å². The van der Waals surface area contributed by atoms with Gasteiger partial charge in [-0.2, -0.15) is 8.78 Å². The van der Waals surface area contributed by atoms with Crippen LogP contribution in [0.25, 0.3) is 0 Å². The van der Waals surface area contributed by atoms with Gasteiger partial charge in [0.05, 0.1) is 0 Å². The average molecular weight is 255 g/mol. The van der Waals surface area contributed by atoms with E-state index in [0.717, 1.165) is 4.47 Å². The van der Waals surface area contributed by atoms with Crippen LogP contribution in [0.4, 0.5) is 8.78 Å². The average Bonchev–Trinajstić information content (AvgIpc) is 1.94. The monoisotopic (exact) mass is 254 g/mol. The zero-order valence-corrected chi connectivity index (χ0v) is 8.28. The van der Waals surface area contributed by atoms with Crippen molar-refractivity contribution in [3.05, 3.63) is 22.7 Å². The summed E-state index contributed by atoms with van der Waals surface area (Å²) in [5.74, 6) is 0.0801. The number of hydrogen-bond donors (Lipinski definition) is 1. The van der Waals surface area contributed by atoms with Crippen LogP contribution in [0.1, 0.15) is 0 Å². The lowest BCUT2D eigenvalue weighted by Gasteiger charge is -2.06. The molecule has 1 nitrogen and oxygen atoms in total. The van der Waals surface area contributed by atoms with Crippen LogP contribution in [-0.2, 0) is 0 Å². The van der Waals surface area contributed by atoms with Crippen molar-refractivity contribution >= 4 is 28.6 Å². The minimum atomic E-state index is -2.81. The molecule has 0 heterocycles. The van der Waals surface area contributed by atoms with Gasteiger partial charge in [-0.05, 0) is 18.2 Å². The smallest absolute Gasteiger partial charge is 0.387 e. The minimum Gasteiger partial charge on any atom is -0.434 e. The van der Waals surface area contributed by atoms with Gasteiger partial charge in [-0.15, -0.1) is 12.6 Å². The zero-order valence-electron chi connectivity index (χ0n) is 5.80. The Hall–Kier alpha value is -0.290. The van der Waals surface area contributed by atoms with Gasteiger partial charge in [0.15, 0.2) is 0 Å². The Kier molecular flexibility index (Phi) is 3.34. The van der Waals surface area contributed by atoms with Gasteiger partial charge in [0.2, 0.25) is 0 Å². The summed E-state index contributed by atoms with van der Waals surface area (Å²) in [6.07, 6.45) is 0. The molecule has 0 amide bonds. The van der Waals surface area contributed by atoms with Crippen molar-refractivity contribution in [2.24, 2.45) is 0 Å². The van der Waals surface area contributed by atoms with Crippen molar-refractivity contribution in [2.45, 2.75) is 11.5 Å². The summed E-state index contributed by atoms with van der Waals surface area (Å²) >= 11 is 7.12. The van der Waals surface area contributed by atoms with Crippen molar-refractivity contribution in [3.8, 4) is 5.75 Å². The first-order valence-corrected chi connectivity index (χ1v) is 4.27. The van der Waals surface area contributed by atoms with Gasteiger partial charge in [0.25, 0.3) is 0 Å². The van der Waals surface area contributed by atoms with Crippen molar-refractivity contribution < 1.29 is 13.5 Å². The number of ether oxygens (including phenoxy) is 1. The Morgan fingerprint density at radius 2 is 2.08 bits per heavy atom. The Morgan fingerprint density at radius 3 is 2.58 bits per heavy atom. The lowest BCUT2D eigenvalue weighted by molar-refractivity contribution is -0.0516. The molecular formula is C7H5BrF2OS.